The van der Waals surface area contributed by atoms with Gasteiger partial charge in [0.15, 0.2) is 5.78 Å². The monoisotopic (exact) mass is 318 g/mol. The highest BCUT2D eigenvalue weighted by molar-refractivity contribution is 6.32. The van der Waals surface area contributed by atoms with Crippen LogP contribution < -0.4 is 0 Å². The molecule has 1 aromatic heterocycles. The lowest BCUT2D eigenvalue weighted by Crippen LogP contribution is -2.10. The van der Waals surface area contributed by atoms with Crippen molar-refractivity contribution in [1.29, 1.82) is 0 Å². The Kier molecular flexibility index (Phi) is 4.11. The standard InChI is InChI=1S/C13H10Cl2F2N2O/c1-6-13(15)11(19(2)18-6)5-12(20)7-3-10(17)8(14)4-9(7)16/h3-4H,5H2,1-2H3. The highest BCUT2D eigenvalue weighted by Gasteiger charge is 2.20. The van der Waals surface area contributed by atoms with Crippen LogP contribution in [-0.4, -0.2) is 15.6 Å². The highest BCUT2D eigenvalue weighted by Crippen LogP contribution is 2.24. The van der Waals surface area contributed by atoms with Crippen molar-refractivity contribution in [1.82, 2.24) is 9.78 Å². The molecule has 20 heavy (non-hydrogen) atoms. The predicted octanol–water partition coefficient (Wildman–Crippen LogP) is 3.74. The molecule has 2 rings (SSSR count). The van der Waals surface area contributed by atoms with Gasteiger partial charge in [-0.2, -0.15) is 5.10 Å². The van der Waals surface area contributed by atoms with E-state index in [0.29, 0.717) is 16.4 Å². The van der Waals surface area contributed by atoms with E-state index in [0.717, 1.165) is 12.1 Å². The van der Waals surface area contributed by atoms with Crippen LogP contribution in [-0.2, 0) is 13.5 Å². The van der Waals surface area contributed by atoms with E-state index in [1.54, 1.807) is 14.0 Å². The number of Topliss-reactive ketones (excluding diaryl/α,β-unsaturated/α-hetero) is 1. The van der Waals surface area contributed by atoms with Crippen LogP contribution in [0.15, 0.2) is 12.1 Å². The third-order valence-corrected chi connectivity index (χ3v) is 3.68. The molecule has 0 aliphatic heterocycles. The van der Waals surface area contributed by atoms with Gasteiger partial charge in [0.25, 0.3) is 0 Å². The van der Waals surface area contributed by atoms with Crippen LogP contribution in [0.4, 0.5) is 8.78 Å². The maximum absolute atomic E-state index is 13.7. The van der Waals surface area contributed by atoms with Crippen LogP contribution in [0, 0.1) is 18.6 Å². The molecule has 0 spiro atoms. The Bertz CT molecular complexity index is 698. The number of hydrogen-bond acceptors (Lipinski definition) is 2. The fourth-order valence-electron chi connectivity index (χ4n) is 1.86. The number of nitrogens with zero attached hydrogens (tertiary/aromatic N) is 2. The zero-order chi connectivity index (χ0) is 15.0. The van der Waals surface area contributed by atoms with Crippen molar-refractivity contribution in [2.45, 2.75) is 13.3 Å². The largest absolute Gasteiger partial charge is 0.294 e. The first-order chi connectivity index (χ1) is 9.31. The van der Waals surface area contributed by atoms with Gasteiger partial charge in [-0.3, -0.25) is 9.48 Å². The van der Waals surface area contributed by atoms with Gasteiger partial charge in [-0.1, -0.05) is 23.2 Å². The number of ketones is 1. The minimum atomic E-state index is -0.864. The van der Waals surface area contributed by atoms with Crippen molar-refractivity contribution in [2.75, 3.05) is 0 Å². The van der Waals surface area contributed by atoms with Crippen molar-refractivity contribution in [3.8, 4) is 0 Å². The fourth-order valence-corrected chi connectivity index (χ4v) is 2.23. The molecule has 0 saturated heterocycles. The van der Waals surface area contributed by atoms with E-state index in [2.05, 4.69) is 5.10 Å². The van der Waals surface area contributed by atoms with Crippen molar-refractivity contribution < 1.29 is 13.6 Å². The molecule has 0 aliphatic rings. The molecule has 0 atom stereocenters. The Morgan fingerprint density at radius 2 is 1.95 bits per heavy atom. The first kappa shape index (κ1) is 14.9. The molecule has 0 fully saturated rings. The molecule has 0 radical (unpaired) electrons. The summed E-state index contributed by atoms with van der Waals surface area (Å²) in [4.78, 5) is 12.1. The summed E-state index contributed by atoms with van der Waals surface area (Å²) in [5, 5.41) is 4.03. The maximum Gasteiger partial charge on any atom is 0.171 e. The highest BCUT2D eigenvalue weighted by atomic mass is 35.5. The van der Waals surface area contributed by atoms with Crippen LogP contribution in [0.5, 0.6) is 0 Å². The number of benzene rings is 1. The zero-order valence-electron chi connectivity index (χ0n) is 10.7. The Labute approximate surface area is 124 Å². The van der Waals surface area contributed by atoms with Crippen LogP contribution in [0.25, 0.3) is 0 Å². The summed E-state index contributed by atoms with van der Waals surface area (Å²) in [5.41, 5.74) is 0.658. The van der Waals surface area contributed by atoms with Gasteiger partial charge in [-0.15, -0.1) is 0 Å². The minimum absolute atomic E-state index is 0.172. The van der Waals surface area contributed by atoms with E-state index in [-0.39, 0.29) is 17.0 Å². The Hall–Kier alpha value is -1.46. The van der Waals surface area contributed by atoms with Crippen LogP contribution in [0.1, 0.15) is 21.7 Å². The Balaban J connectivity index is 2.36. The molecule has 0 N–H and O–H groups in total. The van der Waals surface area contributed by atoms with E-state index in [1.165, 1.54) is 4.68 Å². The lowest BCUT2D eigenvalue weighted by Gasteiger charge is -2.05. The number of rotatable bonds is 3. The molecular formula is C13H10Cl2F2N2O. The molecule has 0 saturated carbocycles. The van der Waals surface area contributed by atoms with E-state index in [4.69, 9.17) is 23.2 Å². The smallest absolute Gasteiger partial charge is 0.171 e. The quantitative estimate of drug-likeness (QED) is 0.638. The van der Waals surface area contributed by atoms with Crippen LogP contribution in [0.3, 0.4) is 0 Å². The van der Waals surface area contributed by atoms with Gasteiger partial charge in [-0.05, 0) is 19.1 Å². The fraction of sp³-hybridized carbons (Fsp3) is 0.231. The third kappa shape index (κ3) is 2.69. The van der Waals surface area contributed by atoms with E-state index < -0.39 is 17.4 Å². The Morgan fingerprint density at radius 1 is 1.30 bits per heavy atom. The van der Waals surface area contributed by atoms with Crippen molar-refractivity contribution >= 4 is 29.0 Å². The van der Waals surface area contributed by atoms with Crippen molar-refractivity contribution in [3.05, 3.63) is 50.8 Å². The zero-order valence-corrected chi connectivity index (χ0v) is 12.2. The van der Waals surface area contributed by atoms with Gasteiger partial charge in [-0.25, -0.2) is 8.78 Å². The maximum atomic E-state index is 13.7. The SMILES string of the molecule is Cc1nn(C)c(CC(=O)c2cc(F)c(Cl)cc2F)c1Cl. The predicted molar refractivity (Wildman–Crippen MR) is 72.4 cm³/mol. The molecule has 106 valence electrons. The van der Waals surface area contributed by atoms with Gasteiger partial charge < -0.3 is 0 Å². The van der Waals surface area contributed by atoms with Crippen LogP contribution in [0.2, 0.25) is 10.0 Å². The lowest BCUT2D eigenvalue weighted by atomic mass is 10.1. The van der Waals surface area contributed by atoms with Crippen LogP contribution >= 0.6 is 23.2 Å². The van der Waals surface area contributed by atoms with E-state index in [1.807, 2.05) is 0 Å². The second-order valence-corrected chi connectivity index (χ2v) is 5.10. The summed E-state index contributed by atoms with van der Waals surface area (Å²) in [6.07, 6.45) is -0.172. The number of halogens is 4. The van der Waals surface area contributed by atoms with E-state index >= 15 is 0 Å². The molecule has 7 heteroatoms. The summed E-state index contributed by atoms with van der Waals surface area (Å²) in [6.45, 7) is 1.69. The molecular weight excluding hydrogens is 309 g/mol. The average Bonchev–Trinajstić information content (AvgIpc) is 2.60. The molecule has 2 aromatic rings. The molecule has 1 heterocycles. The van der Waals surface area contributed by atoms with E-state index in [9.17, 15) is 13.6 Å². The third-order valence-electron chi connectivity index (χ3n) is 2.90. The van der Waals surface area contributed by atoms with Gasteiger partial charge >= 0.3 is 0 Å². The summed E-state index contributed by atoms with van der Waals surface area (Å²) in [5.74, 6) is -2.30. The number of carbonyl (C=O) groups is 1. The first-order valence-electron chi connectivity index (χ1n) is 5.67. The molecule has 0 unspecified atom stereocenters. The molecule has 0 bridgehead atoms. The summed E-state index contributed by atoms with van der Waals surface area (Å²) in [6, 6.07) is 1.57. The first-order valence-corrected chi connectivity index (χ1v) is 6.42. The summed E-state index contributed by atoms with van der Waals surface area (Å²) >= 11 is 11.5. The number of aromatic nitrogens is 2. The second kappa shape index (κ2) is 5.50. The number of aryl methyl sites for hydroxylation is 2. The Morgan fingerprint density at radius 3 is 2.50 bits per heavy atom. The van der Waals surface area contributed by atoms with Gasteiger partial charge in [0.05, 0.1) is 33.4 Å². The lowest BCUT2D eigenvalue weighted by molar-refractivity contribution is 0.0986. The summed E-state index contributed by atoms with van der Waals surface area (Å²) in [7, 11) is 1.63. The van der Waals surface area contributed by atoms with Gasteiger partial charge in [0.2, 0.25) is 0 Å². The normalized spacial score (nSPS) is 10.9. The minimum Gasteiger partial charge on any atom is -0.294 e. The number of carbonyl (C=O) groups excluding carboxylic acids is 1. The second-order valence-electron chi connectivity index (χ2n) is 4.32. The molecule has 1 aromatic carbocycles. The van der Waals surface area contributed by atoms with Gasteiger partial charge in [0, 0.05) is 7.05 Å². The molecule has 3 nitrogen and oxygen atoms in total. The molecule has 0 aliphatic carbocycles. The number of hydrogen-bond donors (Lipinski definition) is 0. The van der Waals surface area contributed by atoms with Crippen molar-refractivity contribution in [3.63, 3.8) is 0 Å². The topological polar surface area (TPSA) is 34.9 Å². The summed E-state index contributed by atoms with van der Waals surface area (Å²) < 4.78 is 28.4. The molecule has 0 amide bonds. The van der Waals surface area contributed by atoms with Crippen molar-refractivity contribution in [2.24, 2.45) is 7.05 Å². The van der Waals surface area contributed by atoms with Gasteiger partial charge in [0.1, 0.15) is 11.6 Å². The average molecular weight is 319 g/mol.